The Bertz CT molecular complexity index is 910. The second-order valence-corrected chi connectivity index (χ2v) is 9.12. The number of Topliss-reactive ketones (excluding diaryl/α,β-unsaturated/α-hetero) is 2. The molecule has 4 rings (SSSR count). The summed E-state index contributed by atoms with van der Waals surface area (Å²) in [4.78, 5) is 36.4. The summed E-state index contributed by atoms with van der Waals surface area (Å²) in [6.45, 7) is 3.08. The highest BCUT2D eigenvalue weighted by atomic mass is 16.7. The summed E-state index contributed by atoms with van der Waals surface area (Å²) >= 11 is 0. The number of carbonyl (C=O) groups is 3. The number of carbonyl (C=O) groups excluding carboxylic acids is 3. The van der Waals surface area contributed by atoms with E-state index in [1.165, 1.54) is 13.8 Å². The number of ketones is 2. The van der Waals surface area contributed by atoms with Gasteiger partial charge in [-0.1, -0.05) is 48.5 Å². The molecule has 0 radical (unpaired) electrons. The summed E-state index contributed by atoms with van der Waals surface area (Å²) in [5.74, 6) is 0.0210. The van der Waals surface area contributed by atoms with E-state index in [9.17, 15) is 14.4 Å². The molecule has 168 valence electrons. The van der Waals surface area contributed by atoms with Crippen LogP contribution in [0.1, 0.15) is 97.1 Å². The van der Waals surface area contributed by atoms with E-state index in [4.69, 9.17) is 9.47 Å². The lowest BCUT2D eigenvalue weighted by molar-refractivity contribution is -0.0836. The minimum Gasteiger partial charge on any atom is -0.423 e. The first-order valence-electron chi connectivity index (χ1n) is 11.5. The van der Waals surface area contributed by atoms with Gasteiger partial charge in [-0.25, -0.2) is 4.79 Å². The van der Waals surface area contributed by atoms with Crippen LogP contribution in [0.3, 0.4) is 0 Å². The third-order valence-corrected chi connectivity index (χ3v) is 7.01. The average Bonchev–Trinajstić information content (AvgIpc) is 3.45. The fourth-order valence-corrected chi connectivity index (χ4v) is 5.15. The van der Waals surface area contributed by atoms with Crippen molar-refractivity contribution >= 4 is 17.7 Å². The fraction of sp³-hybridized carbons (Fsp3) is 0.444. The van der Waals surface area contributed by atoms with E-state index in [0.29, 0.717) is 11.1 Å². The highest BCUT2D eigenvalue weighted by Gasteiger charge is 2.44. The molecular weight excluding hydrogens is 404 g/mol. The van der Waals surface area contributed by atoms with Gasteiger partial charge in [-0.05, 0) is 76.3 Å². The van der Waals surface area contributed by atoms with Gasteiger partial charge in [0.2, 0.25) is 0 Å². The Morgan fingerprint density at radius 2 is 0.906 bits per heavy atom. The van der Waals surface area contributed by atoms with Crippen molar-refractivity contribution in [1.82, 2.24) is 0 Å². The van der Waals surface area contributed by atoms with Gasteiger partial charge >= 0.3 is 6.16 Å². The van der Waals surface area contributed by atoms with Crippen molar-refractivity contribution in [2.75, 3.05) is 0 Å². The van der Waals surface area contributed by atoms with Gasteiger partial charge < -0.3 is 9.47 Å². The number of hydrogen-bond acceptors (Lipinski definition) is 5. The molecule has 2 saturated carbocycles. The molecule has 0 bridgehead atoms. The van der Waals surface area contributed by atoms with E-state index in [0.717, 1.165) is 62.5 Å². The molecule has 5 heteroatoms. The Balaban J connectivity index is 1.55. The molecule has 2 aromatic rings. The molecular formula is C27H30O5. The normalized spacial score (nSPS) is 18.8. The van der Waals surface area contributed by atoms with Crippen LogP contribution >= 0.6 is 0 Å². The zero-order valence-corrected chi connectivity index (χ0v) is 18.8. The van der Waals surface area contributed by atoms with Crippen LogP contribution in [0.25, 0.3) is 0 Å². The van der Waals surface area contributed by atoms with Crippen molar-refractivity contribution in [3.8, 4) is 0 Å². The number of ether oxygens (including phenoxy) is 2. The molecule has 0 heterocycles. The maximum atomic E-state index is 13.1. The fourth-order valence-electron chi connectivity index (χ4n) is 5.15. The molecule has 0 spiro atoms. The van der Waals surface area contributed by atoms with Crippen LogP contribution in [0.2, 0.25) is 0 Å². The van der Waals surface area contributed by atoms with E-state index >= 15 is 0 Å². The second-order valence-electron chi connectivity index (χ2n) is 9.12. The van der Waals surface area contributed by atoms with Gasteiger partial charge in [-0.3, -0.25) is 9.59 Å². The minimum absolute atomic E-state index is 0.0105. The van der Waals surface area contributed by atoms with Crippen molar-refractivity contribution < 1.29 is 23.9 Å². The molecule has 0 amide bonds. The van der Waals surface area contributed by atoms with E-state index < -0.39 is 17.4 Å². The number of rotatable bonds is 6. The van der Waals surface area contributed by atoms with Gasteiger partial charge in [0.1, 0.15) is 11.2 Å². The van der Waals surface area contributed by atoms with Crippen LogP contribution < -0.4 is 0 Å². The highest BCUT2D eigenvalue weighted by Crippen LogP contribution is 2.46. The predicted molar refractivity (Wildman–Crippen MR) is 121 cm³/mol. The highest BCUT2D eigenvalue weighted by molar-refractivity contribution is 5.94. The summed E-state index contributed by atoms with van der Waals surface area (Å²) in [6.07, 6.45) is 6.19. The van der Waals surface area contributed by atoms with Crippen molar-refractivity contribution in [3.63, 3.8) is 0 Å². The van der Waals surface area contributed by atoms with E-state index in [2.05, 4.69) is 0 Å². The van der Waals surface area contributed by atoms with Crippen LogP contribution in [-0.2, 0) is 20.7 Å². The third kappa shape index (κ3) is 4.34. The van der Waals surface area contributed by atoms with Crippen molar-refractivity contribution in [1.29, 1.82) is 0 Å². The second kappa shape index (κ2) is 8.89. The first-order chi connectivity index (χ1) is 15.3. The number of benzene rings is 2. The molecule has 5 nitrogen and oxygen atoms in total. The van der Waals surface area contributed by atoms with Crippen LogP contribution in [0.4, 0.5) is 4.79 Å². The molecule has 2 fully saturated rings. The SMILES string of the molecule is CC(=O)c1ccc(C2(OC(=O)OC3(c4ccc(C(C)=O)cc4)CCCC3)CCCC2)cc1. The van der Waals surface area contributed by atoms with Gasteiger partial charge in [-0.2, -0.15) is 0 Å². The molecule has 0 aromatic heterocycles. The molecule has 0 aliphatic heterocycles. The Kier molecular flexibility index (Phi) is 6.18. The Morgan fingerprint density at radius 1 is 0.594 bits per heavy atom. The summed E-state index contributed by atoms with van der Waals surface area (Å²) < 4.78 is 12.1. The van der Waals surface area contributed by atoms with Gasteiger partial charge in [-0.15, -0.1) is 0 Å². The maximum Gasteiger partial charge on any atom is 0.510 e. The molecule has 0 unspecified atom stereocenters. The van der Waals surface area contributed by atoms with Crippen molar-refractivity contribution in [2.24, 2.45) is 0 Å². The topological polar surface area (TPSA) is 69.7 Å². The molecule has 0 N–H and O–H groups in total. The first-order valence-corrected chi connectivity index (χ1v) is 11.5. The van der Waals surface area contributed by atoms with Crippen molar-refractivity contribution in [3.05, 3.63) is 70.8 Å². The molecule has 2 aromatic carbocycles. The summed E-state index contributed by atoms with van der Waals surface area (Å²) in [5.41, 5.74) is 1.66. The Labute approximate surface area is 189 Å². The summed E-state index contributed by atoms with van der Waals surface area (Å²) in [7, 11) is 0. The van der Waals surface area contributed by atoms with Crippen LogP contribution in [0.5, 0.6) is 0 Å². The summed E-state index contributed by atoms with van der Waals surface area (Å²) in [5, 5.41) is 0. The lowest BCUT2D eigenvalue weighted by Crippen LogP contribution is -2.35. The molecule has 2 aliphatic rings. The quantitative estimate of drug-likeness (QED) is 0.384. The van der Waals surface area contributed by atoms with Gasteiger partial charge in [0, 0.05) is 11.1 Å². The smallest absolute Gasteiger partial charge is 0.423 e. The molecule has 32 heavy (non-hydrogen) atoms. The molecule has 0 atom stereocenters. The van der Waals surface area contributed by atoms with E-state index in [1.807, 2.05) is 24.3 Å². The van der Waals surface area contributed by atoms with Crippen molar-refractivity contribution in [2.45, 2.75) is 76.4 Å². The van der Waals surface area contributed by atoms with Gasteiger partial charge in [0.15, 0.2) is 11.6 Å². The molecule has 2 aliphatic carbocycles. The largest absolute Gasteiger partial charge is 0.510 e. The maximum absolute atomic E-state index is 13.1. The number of hydrogen-bond donors (Lipinski definition) is 0. The van der Waals surface area contributed by atoms with Crippen LogP contribution in [0.15, 0.2) is 48.5 Å². The zero-order chi connectivity index (χ0) is 22.8. The molecule has 0 saturated heterocycles. The van der Waals surface area contributed by atoms with E-state index in [-0.39, 0.29) is 11.6 Å². The zero-order valence-electron chi connectivity index (χ0n) is 18.8. The predicted octanol–water partition coefficient (Wildman–Crippen LogP) is 6.48. The van der Waals surface area contributed by atoms with Gasteiger partial charge in [0.05, 0.1) is 0 Å². The lowest BCUT2D eigenvalue weighted by Gasteiger charge is -2.34. The van der Waals surface area contributed by atoms with Crippen LogP contribution in [0, 0.1) is 0 Å². The van der Waals surface area contributed by atoms with E-state index in [1.54, 1.807) is 24.3 Å². The monoisotopic (exact) mass is 434 g/mol. The van der Waals surface area contributed by atoms with Crippen LogP contribution in [-0.4, -0.2) is 17.7 Å². The first kappa shape index (κ1) is 22.3. The Morgan fingerprint density at radius 3 is 1.19 bits per heavy atom. The Hall–Kier alpha value is -2.95. The lowest BCUT2D eigenvalue weighted by atomic mass is 9.90. The summed E-state index contributed by atoms with van der Waals surface area (Å²) in [6, 6.07) is 14.7. The average molecular weight is 435 g/mol. The van der Waals surface area contributed by atoms with Gasteiger partial charge in [0.25, 0.3) is 0 Å². The standard InChI is InChI=1S/C27H30O5/c1-19(28)21-7-11-23(12-8-21)26(15-3-4-16-26)31-25(30)32-27(17-5-6-18-27)24-13-9-22(10-14-24)20(2)29/h7-14H,3-6,15-18H2,1-2H3. The third-order valence-electron chi connectivity index (χ3n) is 7.01. The minimum atomic E-state index is -0.718.